The molecule has 0 aliphatic carbocycles. The number of hydrogen-bond acceptors (Lipinski definition) is 5. The summed E-state index contributed by atoms with van der Waals surface area (Å²) in [6.07, 6.45) is -15.3. The first-order chi connectivity index (χ1) is 11.1. The molecule has 0 aliphatic heterocycles. The maximum Gasteiger partial charge on any atom is 0.399 e. The zero-order chi connectivity index (χ0) is 19.6. The summed E-state index contributed by atoms with van der Waals surface area (Å²) < 4.78 is 104. The average Bonchev–Trinajstić information content (AvgIpc) is 2.29. The van der Waals surface area contributed by atoms with Crippen LogP contribution in [0.1, 0.15) is 13.8 Å². The van der Waals surface area contributed by atoms with E-state index >= 15 is 0 Å². The van der Waals surface area contributed by atoms with Gasteiger partial charge in [0.2, 0.25) is 0 Å². The van der Waals surface area contributed by atoms with E-state index in [1.54, 1.807) is 13.8 Å². The summed E-state index contributed by atoms with van der Waals surface area (Å²) in [4.78, 5) is 14.7. The molecular formula is C11H13F7N3O3P. The van der Waals surface area contributed by atoms with Crippen LogP contribution in [0.3, 0.4) is 0 Å². The zero-order valence-corrected chi connectivity index (χ0v) is 13.7. The van der Waals surface area contributed by atoms with Gasteiger partial charge in [0.15, 0.2) is 11.6 Å². The molecule has 0 bridgehead atoms. The molecule has 1 rings (SSSR count). The molecular weight excluding hydrogens is 386 g/mol. The van der Waals surface area contributed by atoms with Crippen LogP contribution < -0.4 is 15.6 Å². The molecule has 14 heteroatoms. The van der Waals surface area contributed by atoms with E-state index < -0.39 is 49.4 Å². The summed E-state index contributed by atoms with van der Waals surface area (Å²) in [5, 5.41) is 2.40. The number of anilines is 1. The van der Waals surface area contributed by atoms with Gasteiger partial charge in [0, 0.05) is 6.04 Å². The molecule has 0 spiro atoms. The van der Waals surface area contributed by atoms with Gasteiger partial charge in [-0.05, 0) is 13.8 Å². The highest BCUT2D eigenvalue weighted by molar-refractivity contribution is 7.59. The summed E-state index contributed by atoms with van der Waals surface area (Å²) in [6, 6.07) is -0.375. The molecule has 0 aromatic carbocycles. The van der Waals surface area contributed by atoms with Crippen molar-refractivity contribution < 1.29 is 39.9 Å². The van der Waals surface area contributed by atoms with Gasteiger partial charge in [-0.25, -0.2) is 9.18 Å². The number of alkyl halides is 6. The fourth-order valence-electron chi connectivity index (χ4n) is 1.67. The van der Waals surface area contributed by atoms with Gasteiger partial charge in [-0.2, -0.15) is 31.3 Å². The van der Waals surface area contributed by atoms with Crippen LogP contribution in [0.2, 0.25) is 0 Å². The van der Waals surface area contributed by atoms with Crippen LogP contribution in [0, 0.1) is 5.82 Å². The molecule has 25 heavy (non-hydrogen) atoms. The monoisotopic (exact) mass is 399 g/mol. The first-order valence-electron chi connectivity index (χ1n) is 6.58. The number of aromatic nitrogens is 2. The first kappa shape index (κ1) is 21.3. The fraction of sp³-hybridized carbons (Fsp3) is 0.636. The van der Waals surface area contributed by atoms with Crippen molar-refractivity contribution in [2.24, 2.45) is 0 Å². The standard InChI is InChI=1S/C11H13F7N3O3P/c1-6(2)19-8-7(12)3-21(9(22)20-8)24-25(23,4-10(13,14)15)5-11(16,17)18/h3,6H,4-5H2,1-2H3,(H,19,20,22). The Morgan fingerprint density at radius 1 is 1.20 bits per heavy atom. The van der Waals surface area contributed by atoms with Crippen molar-refractivity contribution in [3.05, 3.63) is 22.5 Å². The molecule has 1 aromatic rings. The lowest BCUT2D eigenvalue weighted by atomic mass is 10.4. The van der Waals surface area contributed by atoms with Gasteiger partial charge >= 0.3 is 18.0 Å². The summed E-state index contributed by atoms with van der Waals surface area (Å²) >= 11 is 0. The van der Waals surface area contributed by atoms with E-state index in [0.717, 1.165) is 0 Å². The minimum absolute atomic E-state index is 0.166. The molecule has 0 aliphatic rings. The van der Waals surface area contributed by atoms with Gasteiger partial charge in [0.1, 0.15) is 12.3 Å². The molecule has 144 valence electrons. The molecule has 1 N–H and O–H groups in total. The van der Waals surface area contributed by atoms with E-state index in [4.69, 9.17) is 0 Å². The fourth-order valence-corrected chi connectivity index (χ4v) is 3.43. The Morgan fingerprint density at radius 3 is 2.08 bits per heavy atom. The molecule has 0 unspecified atom stereocenters. The summed E-state index contributed by atoms with van der Waals surface area (Å²) in [5.41, 5.74) is -1.53. The molecule has 0 atom stereocenters. The third kappa shape index (κ3) is 7.32. The molecule has 0 saturated carbocycles. The summed E-state index contributed by atoms with van der Waals surface area (Å²) in [5.74, 6) is -1.87. The second kappa shape index (κ2) is 7.22. The SMILES string of the molecule is CC(C)Nc1nc(=O)n(OP(=O)(CC(F)(F)F)CC(F)(F)F)cc1F. The lowest BCUT2D eigenvalue weighted by molar-refractivity contribution is -0.115. The van der Waals surface area contributed by atoms with E-state index in [9.17, 15) is 40.1 Å². The maximum atomic E-state index is 13.7. The highest BCUT2D eigenvalue weighted by Gasteiger charge is 2.48. The zero-order valence-electron chi connectivity index (χ0n) is 12.8. The Hall–Kier alpha value is -1.78. The molecule has 1 aromatic heterocycles. The highest BCUT2D eigenvalue weighted by Crippen LogP contribution is 2.51. The van der Waals surface area contributed by atoms with Crippen molar-refractivity contribution in [3.8, 4) is 0 Å². The van der Waals surface area contributed by atoms with Crippen LogP contribution in [0.15, 0.2) is 11.0 Å². The number of hydrogen-bond donors (Lipinski definition) is 1. The second-order valence-corrected chi connectivity index (χ2v) is 7.71. The van der Waals surface area contributed by atoms with Gasteiger partial charge < -0.3 is 9.94 Å². The van der Waals surface area contributed by atoms with Crippen LogP contribution in [-0.4, -0.2) is 40.4 Å². The minimum atomic E-state index is -5.49. The Balaban J connectivity index is 3.23. The molecule has 1 heterocycles. The predicted molar refractivity (Wildman–Crippen MR) is 73.2 cm³/mol. The molecule has 0 radical (unpaired) electrons. The smallest absolute Gasteiger partial charge is 0.365 e. The van der Waals surface area contributed by atoms with Gasteiger partial charge in [-0.15, -0.1) is 4.73 Å². The van der Waals surface area contributed by atoms with Gasteiger partial charge in [0.05, 0.1) is 6.20 Å². The Bertz CT molecular complexity index is 694. The maximum absolute atomic E-state index is 13.7. The first-order valence-corrected chi connectivity index (χ1v) is 8.57. The highest BCUT2D eigenvalue weighted by atomic mass is 31.2. The number of rotatable bonds is 6. The van der Waals surface area contributed by atoms with Crippen LogP contribution in [0.4, 0.5) is 36.6 Å². The number of nitrogens with zero attached hydrogens (tertiary/aromatic N) is 2. The normalized spacial score (nSPS) is 13.2. The van der Waals surface area contributed by atoms with Crippen molar-refractivity contribution in [2.45, 2.75) is 32.2 Å². The van der Waals surface area contributed by atoms with Crippen LogP contribution >= 0.6 is 7.37 Å². The number of nitrogens with one attached hydrogen (secondary N) is 1. The van der Waals surface area contributed by atoms with E-state index in [-0.39, 0.29) is 17.0 Å². The summed E-state index contributed by atoms with van der Waals surface area (Å²) in [7, 11) is -5.49. The third-order valence-corrected chi connectivity index (χ3v) is 4.51. The van der Waals surface area contributed by atoms with E-state index in [1.165, 1.54) is 0 Å². The molecule has 0 amide bonds. The Labute approximate surface area is 136 Å². The van der Waals surface area contributed by atoms with Gasteiger partial charge in [0.25, 0.3) is 7.37 Å². The van der Waals surface area contributed by atoms with Gasteiger partial charge in [-0.1, -0.05) is 0 Å². The summed E-state index contributed by atoms with van der Waals surface area (Å²) in [6.45, 7) is 3.12. The minimum Gasteiger partial charge on any atom is -0.365 e. The molecule has 0 fully saturated rings. The van der Waals surface area contributed by atoms with E-state index in [1.807, 2.05) is 0 Å². The van der Waals surface area contributed by atoms with Crippen molar-refractivity contribution in [2.75, 3.05) is 17.6 Å². The molecule has 6 nitrogen and oxygen atoms in total. The van der Waals surface area contributed by atoms with Gasteiger partial charge in [-0.3, -0.25) is 4.57 Å². The quantitative estimate of drug-likeness (QED) is 0.588. The third-order valence-electron chi connectivity index (χ3n) is 2.36. The average molecular weight is 399 g/mol. The molecule has 0 saturated heterocycles. The van der Waals surface area contributed by atoms with E-state index in [0.29, 0.717) is 0 Å². The Kier molecular flexibility index (Phi) is 6.14. The van der Waals surface area contributed by atoms with Crippen LogP contribution in [-0.2, 0) is 4.57 Å². The van der Waals surface area contributed by atoms with Crippen LogP contribution in [0.5, 0.6) is 0 Å². The van der Waals surface area contributed by atoms with Crippen molar-refractivity contribution in [1.82, 2.24) is 9.71 Å². The topological polar surface area (TPSA) is 73.2 Å². The van der Waals surface area contributed by atoms with E-state index in [2.05, 4.69) is 14.9 Å². The van der Waals surface area contributed by atoms with Crippen LogP contribution in [0.25, 0.3) is 0 Å². The lowest BCUT2D eigenvalue weighted by Crippen LogP contribution is -2.34. The number of halogens is 7. The second-order valence-electron chi connectivity index (χ2n) is 5.29. The lowest BCUT2D eigenvalue weighted by Gasteiger charge is -2.22. The van der Waals surface area contributed by atoms with Crippen molar-refractivity contribution in [3.63, 3.8) is 0 Å². The predicted octanol–water partition coefficient (Wildman–Crippen LogP) is 3.03. The van der Waals surface area contributed by atoms with Crippen molar-refractivity contribution >= 4 is 13.2 Å². The largest absolute Gasteiger partial charge is 0.399 e. The van der Waals surface area contributed by atoms with Crippen molar-refractivity contribution in [1.29, 1.82) is 0 Å². The Morgan fingerprint density at radius 2 is 1.68 bits per heavy atom.